The lowest BCUT2D eigenvalue weighted by molar-refractivity contribution is 0.439. The summed E-state index contributed by atoms with van der Waals surface area (Å²) in [5, 5.41) is 3.13. The highest BCUT2D eigenvalue weighted by molar-refractivity contribution is 7.09. The minimum Gasteiger partial charge on any atom is -0.310 e. The Bertz CT molecular complexity index is 520. The Morgan fingerprint density at radius 2 is 1.95 bits per heavy atom. The van der Waals surface area contributed by atoms with Crippen molar-refractivity contribution in [3.05, 3.63) is 51.7 Å². The Labute approximate surface area is 113 Å². The molecule has 0 radical (unpaired) electrons. The molecule has 0 fully saturated rings. The van der Waals surface area contributed by atoms with Gasteiger partial charge in [0.2, 0.25) is 0 Å². The molecule has 0 saturated carbocycles. The predicted molar refractivity (Wildman–Crippen MR) is 68.6 cm³/mol. The quantitative estimate of drug-likeness (QED) is 0.852. The number of benzene rings is 1. The number of rotatable bonds is 5. The van der Waals surface area contributed by atoms with Crippen molar-refractivity contribution < 1.29 is 13.2 Å². The smallest absolute Gasteiger partial charge is 0.194 e. The third-order valence-electron chi connectivity index (χ3n) is 2.75. The fourth-order valence-electron chi connectivity index (χ4n) is 1.87. The minimum atomic E-state index is -1.43. The van der Waals surface area contributed by atoms with Crippen molar-refractivity contribution in [3.8, 4) is 0 Å². The molecule has 1 heterocycles. The third-order valence-corrected chi connectivity index (χ3v) is 3.55. The maximum Gasteiger partial charge on any atom is 0.194 e. The Morgan fingerprint density at radius 1 is 1.26 bits per heavy atom. The first-order valence-corrected chi connectivity index (χ1v) is 6.75. The molecule has 1 aromatic carbocycles. The standard InChI is InChI=1S/C13H13F3N2S/c1-2-18-12(5-9-6-17-7-19-9)8-3-10(14)13(16)11(15)4-8/h3-4,6-7,12,18H,2,5H2,1H3. The van der Waals surface area contributed by atoms with Gasteiger partial charge in [-0.25, -0.2) is 13.2 Å². The van der Waals surface area contributed by atoms with Gasteiger partial charge in [-0.05, 0) is 24.2 Å². The van der Waals surface area contributed by atoms with Crippen molar-refractivity contribution >= 4 is 11.3 Å². The van der Waals surface area contributed by atoms with E-state index in [0.29, 0.717) is 18.5 Å². The highest BCUT2D eigenvalue weighted by Gasteiger charge is 2.17. The first-order valence-electron chi connectivity index (χ1n) is 5.87. The van der Waals surface area contributed by atoms with Crippen LogP contribution in [-0.2, 0) is 6.42 Å². The highest BCUT2D eigenvalue weighted by Crippen LogP contribution is 2.23. The van der Waals surface area contributed by atoms with E-state index in [9.17, 15) is 13.2 Å². The van der Waals surface area contributed by atoms with E-state index in [-0.39, 0.29) is 6.04 Å². The summed E-state index contributed by atoms with van der Waals surface area (Å²) in [6.45, 7) is 2.54. The number of nitrogens with one attached hydrogen (secondary N) is 1. The molecule has 0 amide bonds. The summed E-state index contributed by atoms with van der Waals surface area (Å²) in [4.78, 5) is 4.96. The lowest BCUT2D eigenvalue weighted by Gasteiger charge is -2.18. The molecule has 0 aliphatic carbocycles. The summed E-state index contributed by atoms with van der Waals surface area (Å²) in [5.74, 6) is -3.76. The van der Waals surface area contributed by atoms with Crippen molar-refractivity contribution in [1.29, 1.82) is 0 Å². The summed E-state index contributed by atoms with van der Waals surface area (Å²) < 4.78 is 39.5. The van der Waals surface area contributed by atoms with Crippen molar-refractivity contribution in [1.82, 2.24) is 10.3 Å². The second kappa shape index (κ2) is 6.16. The Balaban J connectivity index is 2.28. The zero-order valence-electron chi connectivity index (χ0n) is 10.3. The lowest BCUT2D eigenvalue weighted by Crippen LogP contribution is -2.23. The van der Waals surface area contributed by atoms with Crippen molar-refractivity contribution in [2.45, 2.75) is 19.4 Å². The average molecular weight is 286 g/mol. The topological polar surface area (TPSA) is 24.9 Å². The van der Waals surface area contributed by atoms with Crippen LogP contribution in [-0.4, -0.2) is 11.5 Å². The first kappa shape index (κ1) is 14.0. The molecule has 1 unspecified atom stereocenters. The summed E-state index contributed by atoms with van der Waals surface area (Å²) in [6, 6.07) is 1.80. The third kappa shape index (κ3) is 3.33. The van der Waals surface area contributed by atoms with Crippen LogP contribution in [0.4, 0.5) is 13.2 Å². The fourth-order valence-corrected chi connectivity index (χ4v) is 2.52. The van der Waals surface area contributed by atoms with Gasteiger partial charge in [0.05, 0.1) is 5.51 Å². The lowest BCUT2D eigenvalue weighted by atomic mass is 10.0. The molecule has 0 bridgehead atoms. The van der Waals surface area contributed by atoms with Crippen LogP contribution < -0.4 is 5.32 Å². The molecule has 0 spiro atoms. The van der Waals surface area contributed by atoms with Crippen molar-refractivity contribution in [2.75, 3.05) is 6.54 Å². The van der Waals surface area contributed by atoms with Crippen LogP contribution >= 0.6 is 11.3 Å². The first-order chi connectivity index (χ1) is 9.11. The molecule has 0 saturated heterocycles. The Kier molecular flexibility index (Phi) is 4.55. The number of thiazole rings is 1. The zero-order chi connectivity index (χ0) is 13.8. The second-order valence-electron chi connectivity index (χ2n) is 4.08. The van der Waals surface area contributed by atoms with E-state index in [4.69, 9.17) is 0 Å². The molecule has 2 nitrogen and oxygen atoms in total. The van der Waals surface area contributed by atoms with Crippen LogP contribution in [0.1, 0.15) is 23.4 Å². The number of nitrogens with zero attached hydrogens (tertiary/aromatic N) is 1. The van der Waals surface area contributed by atoms with Crippen molar-refractivity contribution in [2.24, 2.45) is 0 Å². The van der Waals surface area contributed by atoms with Gasteiger partial charge in [-0.1, -0.05) is 6.92 Å². The van der Waals surface area contributed by atoms with Crippen LogP contribution in [0, 0.1) is 17.5 Å². The molecule has 1 N–H and O–H groups in total. The van der Waals surface area contributed by atoms with Gasteiger partial charge in [-0.15, -0.1) is 11.3 Å². The molecular formula is C13H13F3N2S. The highest BCUT2D eigenvalue weighted by atomic mass is 32.1. The van der Waals surface area contributed by atoms with E-state index in [2.05, 4.69) is 10.3 Å². The normalized spacial score (nSPS) is 12.6. The van der Waals surface area contributed by atoms with Crippen LogP contribution in [0.15, 0.2) is 23.8 Å². The maximum atomic E-state index is 13.3. The predicted octanol–water partition coefficient (Wildman–Crippen LogP) is 3.45. The molecule has 19 heavy (non-hydrogen) atoms. The molecule has 6 heteroatoms. The van der Waals surface area contributed by atoms with Crippen LogP contribution in [0.25, 0.3) is 0 Å². The van der Waals surface area contributed by atoms with Crippen molar-refractivity contribution in [3.63, 3.8) is 0 Å². The zero-order valence-corrected chi connectivity index (χ0v) is 11.1. The van der Waals surface area contributed by atoms with E-state index in [1.165, 1.54) is 11.3 Å². The number of hydrogen-bond donors (Lipinski definition) is 1. The van der Waals surface area contributed by atoms with E-state index in [1.54, 1.807) is 11.7 Å². The number of likely N-dealkylation sites (N-methyl/N-ethyl adjacent to an activating group) is 1. The number of hydrogen-bond acceptors (Lipinski definition) is 3. The maximum absolute atomic E-state index is 13.3. The van der Waals surface area contributed by atoms with Gasteiger partial charge in [0.25, 0.3) is 0 Å². The fraction of sp³-hybridized carbons (Fsp3) is 0.308. The van der Waals surface area contributed by atoms with Crippen LogP contribution in [0.2, 0.25) is 0 Å². The number of halogens is 3. The summed E-state index contributed by atoms with van der Waals surface area (Å²) in [5.41, 5.74) is 2.09. The van der Waals surface area contributed by atoms with E-state index in [0.717, 1.165) is 17.0 Å². The van der Waals surface area contributed by atoms with Gasteiger partial charge in [0.1, 0.15) is 0 Å². The molecule has 102 valence electrons. The summed E-state index contributed by atoms with van der Waals surface area (Å²) >= 11 is 1.47. The molecule has 2 rings (SSSR count). The van der Waals surface area contributed by atoms with Gasteiger partial charge in [0.15, 0.2) is 17.5 Å². The van der Waals surface area contributed by atoms with Crippen LogP contribution in [0.3, 0.4) is 0 Å². The van der Waals surface area contributed by atoms with Gasteiger partial charge >= 0.3 is 0 Å². The minimum absolute atomic E-state index is 0.268. The molecular weight excluding hydrogens is 273 g/mol. The van der Waals surface area contributed by atoms with Gasteiger partial charge in [-0.3, -0.25) is 4.98 Å². The summed E-state index contributed by atoms with van der Waals surface area (Å²) in [7, 11) is 0. The molecule has 2 aromatic rings. The monoisotopic (exact) mass is 286 g/mol. The SMILES string of the molecule is CCNC(Cc1cncs1)c1cc(F)c(F)c(F)c1. The molecule has 1 aromatic heterocycles. The molecule has 0 aliphatic rings. The Morgan fingerprint density at radius 3 is 2.47 bits per heavy atom. The summed E-state index contributed by atoms with van der Waals surface area (Å²) in [6.07, 6.45) is 2.27. The number of aromatic nitrogens is 1. The molecule has 1 atom stereocenters. The average Bonchev–Trinajstić information content (AvgIpc) is 2.88. The van der Waals surface area contributed by atoms with E-state index in [1.807, 2.05) is 6.92 Å². The van der Waals surface area contributed by atoms with Gasteiger partial charge in [-0.2, -0.15) is 0 Å². The van der Waals surface area contributed by atoms with Gasteiger partial charge < -0.3 is 5.32 Å². The van der Waals surface area contributed by atoms with E-state index < -0.39 is 17.5 Å². The van der Waals surface area contributed by atoms with E-state index >= 15 is 0 Å². The van der Waals surface area contributed by atoms with Crippen LogP contribution in [0.5, 0.6) is 0 Å². The second-order valence-corrected chi connectivity index (χ2v) is 5.05. The molecule has 0 aliphatic heterocycles. The largest absolute Gasteiger partial charge is 0.310 e. The van der Waals surface area contributed by atoms with Gasteiger partial charge in [0, 0.05) is 23.5 Å². The Hall–Kier alpha value is -1.40.